The molecule has 0 bridgehead atoms. The van der Waals surface area contributed by atoms with Gasteiger partial charge in [-0.1, -0.05) is 12.1 Å². The predicted molar refractivity (Wildman–Crippen MR) is 111 cm³/mol. The van der Waals surface area contributed by atoms with Gasteiger partial charge in [0.15, 0.2) is 0 Å². The molecule has 2 aromatic rings. The van der Waals surface area contributed by atoms with Crippen LogP contribution in [-0.2, 0) is 9.59 Å². The van der Waals surface area contributed by atoms with E-state index in [1.807, 2.05) is 17.5 Å². The average Bonchev–Trinajstić information content (AvgIpc) is 3.50. The number of amides is 3. The molecule has 0 aromatic carbocycles. The lowest BCUT2D eigenvalue weighted by Crippen LogP contribution is -2.55. The summed E-state index contributed by atoms with van der Waals surface area (Å²) >= 11 is 1.34. The average molecular weight is 429 g/mol. The molecule has 2 aliphatic rings. The van der Waals surface area contributed by atoms with Crippen LogP contribution in [0.5, 0.6) is 0 Å². The van der Waals surface area contributed by atoms with E-state index in [-0.39, 0.29) is 36.3 Å². The number of thiophene rings is 1. The third kappa shape index (κ3) is 4.66. The molecule has 9 nitrogen and oxygen atoms in total. The van der Waals surface area contributed by atoms with Gasteiger partial charge in [-0.05, 0) is 29.5 Å². The second kappa shape index (κ2) is 9.33. The molecule has 2 unspecified atom stereocenters. The number of carbonyl (C=O) groups is 3. The Morgan fingerprint density at radius 2 is 1.90 bits per heavy atom. The van der Waals surface area contributed by atoms with Crippen molar-refractivity contribution < 1.29 is 14.4 Å². The molecule has 30 heavy (non-hydrogen) atoms. The van der Waals surface area contributed by atoms with Gasteiger partial charge in [0.2, 0.25) is 11.8 Å². The predicted octanol–water partition coefficient (Wildman–Crippen LogP) is 0.152. The van der Waals surface area contributed by atoms with E-state index in [0.29, 0.717) is 37.5 Å². The van der Waals surface area contributed by atoms with Crippen molar-refractivity contribution in [3.8, 4) is 0 Å². The number of hydrogen-bond donors (Lipinski definition) is 3. The number of pyridine rings is 1. The van der Waals surface area contributed by atoms with Crippen LogP contribution in [0.3, 0.4) is 0 Å². The minimum absolute atomic E-state index is 0.0342. The molecule has 0 aliphatic carbocycles. The first-order chi connectivity index (χ1) is 14.6. The van der Waals surface area contributed by atoms with Gasteiger partial charge in [-0.2, -0.15) is 0 Å². The van der Waals surface area contributed by atoms with Crippen molar-refractivity contribution in [2.75, 3.05) is 32.7 Å². The van der Waals surface area contributed by atoms with Gasteiger partial charge >= 0.3 is 0 Å². The maximum atomic E-state index is 12.8. The van der Waals surface area contributed by atoms with Crippen molar-refractivity contribution in [2.24, 2.45) is 0 Å². The molecule has 0 saturated carbocycles. The number of hydrazine groups is 1. The highest BCUT2D eigenvalue weighted by Gasteiger charge is 2.34. The van der Waals surface area contributed by atoms with Gasteiger partial charge in [-0.25, -0.2) is 10.9 Å². The van der Waals surface area contributed by atoms with Gasteiger partial charge in [0.05, 0.1) is 11.4 Å². The minimum atomic E-state index is -0.303. The third-order valence-corrected chi connectivity index (χ3v) is 6.25. The zero-order valence-corrected chi connectivity index (χ0v) is 17.2. The molecule has 2 fully saturated rings. The number of nitrogens with one attached hydrogen (secondary N) is 3. The summed E-state index contributed by atoms with van der Waals surface area (Å²) in [5, 5.41) is 4.48. The summed E-state index contributed by atoms with van der Waals surface area (Å²) in [6.07, 6.45) is 4.18. The van der Waals surface area contributed by atoms with E-state index in [2.05, 4.69) is 21.2 Å². The maximum absolute atomic E-state index is 12.8. The lowest BCUT2D eigenvalue weighted by Gasteiger charge is -2.35. The van der Waals surface area contributed by atoms with E-state index < -0.39 is 0 Å². The summed E-state index contributed by atoms with van der Waals surface area (Å²) in [7, 11) is 0. The van der Waals surface area contributed by atoms with Crippen LogP contribution < -0.4 is 16.2 Å². The number of piperazine rings is 1. The van der Waals surface area contributed by atoms with Crippen LogP contribution in [0, 0.1) is 0 Å². The molecule has 2 saturated heterocycles. The SMILES string of the molecule is O=C(NCC(=O)N1CCN(C(=O)C2CC(c3cccnc3)NN2)CC1)c1cccs1. The lowest BCUT2D eigenvalue weighted by molar-refractivity contribution is -0.140. The zero-order chi connectivity index (χ0) is 20.9. The number of rotatable bonds is 5. The van der Waals surface area contributed by atoms with Crippen LogP contribution in [0.2, 0.25) is 0 Å². The molecular weight excluding hydrogens is 404 g/mol. The topological polar surface area (TPSA) is 107 Å². The van der Waals surface area contributed by atoms with Crippen LogP contribution in [-0.4, -0.2) is 71.3 Å². The van der Waals surface area contributed by atoms with Crippen LogP contribution >= 0.6 is 11.3 Å². The molecule has 158 valence electrons. The van der Waals surface area contributed by atoms with E-state index in [1.54, 1.807) is 34.3 Å². The molecular formula is C20H24N6O3S. The summed E-state index contributed by atoms with van der Waals surface area (Å²) < 4.78 is 0. The van der Waals surface area contributed by atoms with Crippen LogP contribution in [0.4, 0.5) is 0 Å². The first-order valence-electron chi connectivity index (χ1n) is 9.91. The summed E-state index contributed by atoms with van der Waals surface area (Å²) in [6, 6.07) is 7.13. The highest BCUT2D eigenvalue weighted by Crippen LogP contribution is 2.22. The molecule has 4 heterocycles. The molecule has 3 amide bonds. The molecule has 0 radical (unpaired) electrons. The smallest absolute Gasteiger partial charge is 0.261 e. The molecule has 2 aromatic heterocycles. The Morgan fingerprint density at radius 3 is 2.60 bits per heavy atom. The van der Waals surface area contributed by atoms with Gasteiger partial charge in [0.1, 0.15) is 6.04 Å². The van der Waals surface area contributed by atoms with Gasteiger partial charge in [-0.3, -0.25) is 19.4 Å². The normalized spacial score (nSPS) is 21.5. The van der Waals surface area contributed by atoms with E-state index in [9.17, 15) is 14.4 Å². The monoisotopic (exact) mass is 428 g/mol. The zero-order valence-electron chi connectivity index (χ0n) is 16.4. The molecule has 2 aliphatic heterocycles. The van der Waals surface area contributed by atoms with Gasteiger partial charge in [0, 0.05) is 44.6 Å². The Labute approximate surface area is 178 Å². The van der Waals surface area contributed by atoms with Gasteiger partial charge in [0.25, 0.3) is 5.91 Å². The Kier molecular flexibility index (Phi) is 6.36. The van der Waals surface area contributed by atoms with Gasteiger partial charge < -0.3 is 15.1 Å². The Hall–Kier alpha value is -2.82. The number of aromatic nitrogens is 1. The summed E-state index contributed by atoms with van der Waals surface area (Å²) in [5.74, 6) is -0.341. The minimum Gasteiger partial charge on any atom is -0.342 e. The van der Waals surface area contributed by atoms with Crippen LogP contribution in [0.15, 0.2) is 42.0 Å². The Balaban J connectivity index is 1.22. The van der Waals surface area contributed by atoms with Crippen molar-refractivity contribution in [3.63, 3.8) is 0 Å². The van der Waals surface area contributed by atoms with Crippen LogP contribution in [0.25, 0.3) is 0 Å². The quantitative estimate of drug-likeness (QED) is 0.626. The number of hydrogen-bond acceptors (Lipinski definition) is 7. The van der Waals surface area contributed by atoms with Crippen molar-refractivity contribution in [3.05, 3.63) is 52.5 Å². The lowest BCUT2D eigenvalue weighted by atomic mass is 10.0. The van der Waals surface area contributed by atoms with Crippen molar-refractivity contribution in [1.29, 1.82) is 0 Å². The van der Waals surface area contributed by atoms with Crippen molar-refractivity contribution >= 4 is 29.1 Å². The van der Waals surface area contributed by atoms with Crippen molar-refractivity contribution in [2.45, 2.75) is 18.5 Å². The molecule has 10 heteroatoms. The highest BCUT2D eigenvalue weighted by molar-refractivity contribution is 7.12. The van der Waals surface area contributed by atoms with Crippen molar-refractivity contribution in [1.82, 2.24) is 31.0 Å². The maximum Gasteiger partial charge on any atom is 0.261 e. The number of nitrogens with zero attached hydrogens (tertiary/aromatic N) is 3. The number of carbonyl (C=O) groups excluding carboxylic acids is 3. The second-order valence-corrected chi connectivity index (χ2v) is 8.23. The molecule has 4 rings (SSSR count). The summed E-state index contributed by atoms with van der Waals surface area (Å²) in [5.41, 5.74) is 7.30. The van der Waals surface area contributed by atoms with Gasteiger partial charge in [-0.15, -0.1) is 11.3 Å². The largest absolute Gasteiger partial charge is 0.342 e. The fourth-order valence-corrected chi connectivity index (χ4v) is 4.32. The van der Waals surface area contributed by atoms with E-state index >= 15 is 0 Å². The fourth-order valence-electron chi connectivity index (χ4n) is 3.68. The summed E-state index contributed by atoms with van der Waals surface area (Å²) in [6.45, 7) is 1.86. The van der Waals surface area contributed by atoms with E-state index in [1.165, 1.54) is 11.3 Å². The Bertz CT molecular complexity index is 883. The molecule has 2 atom stereocenters. The summed E-state index contributed by atoms with van der Waals surface area (Å²) in [4.78, 5) is 45.4. The molecule has 3 N–H and O–H groups in total. The highest BCUT2D eigenvalue weighted by atomic mass is 32.1. The standard InChI is InChI=1S/C20H24N6O3S/c27-18(13-22-19(28)17-4-2-10-30-17)25-6-8-26(9-7-25)20(29)16-11-15(23-24-16)14-3-1-5-21-12-14/h1-5,10,12,15-16,23-24H,6-9,11,13H2,(H,22,28). The first kappa shape index (κ1) is 20.5. The second-order valence-electron chi connectivity index (χ2n) is 7.28. The first-order valence-corrected chi connectivity index (χ1v) is 10.8. The fraction of sp³-hybridized carbons (Fsp3) is 0.400. The van der Waals surface area contributed by atoms with E-state index in [0.717, 1.165) is 5.56 Å². The van der Waals surface area contributed by atoms with E-state index in [4.69, 9.17) is 0 Å². The molecule has 0 spiro atoms. The van der Waals surface area contributed by atoms with Crippen LogP contribution in [0.1, 0.15) is 27.7 Å². The third-order valence-electron chi connectivity index (χ3n) is 5.38. The Morgan fingerprint density at radius 1 is 1.10 bits per heavy atom.